The van der Waals surface area contributed by atoms with Crippen molar-refractivity contribution in [3.63, 3.8) is 0 Å². The molecule has 1 aliphatic rings. The lowest BCUT2D eigenvalue weighted by atomic mass is 9.95. The number of halogens is 1. The number of hydrogen-bond donors (Lipinski definition) is 1. The molecule has 0 saturated carbocycles. The molecule has 5 heteroatoms. The van der Waals surface area contributed by atoms with Crippen LogP contribution in [0.15, 0.2) is 29.8 Å². The number of rotatable bonds is 1. The summed E-state index contributed by atoms with van der Waals surface area (Å²) < 4.78 is 13.1. The standard InChI is InChI=1S/C19H13FN4/c1-10-14(7-12-3-5-13(20)6-4-12)17-11(2)16(9-22)19(23)24-18(17)15(10)8-21/h3-7H,1-2H3,(H2,23,24)/p+1/b14-7+. The van der Waals surface area contributed by atoms with Crippen LogP contribution >= 0.6 is 0 Å². The summed E-state index contributed by atoms with van der Waals surface area (Å²) in [5.41, 5.74) is 11.4. The zero-order valence-corrected chi connectivity index (χ0v) is 13.2. The third-order valence-corrected chi connectivity index (χ3v) is 4.23. The lowest BCUT2D eigenvalue weighted by Crippen LogP contribution is -2.20. The van der Waals surface area contributed by atoms with Crippen molar-refractivity contribution in [2.24, 2.45) is 0 Å². The summed E-state index contributed by atoms with van der Waals surface area (Å²) in [6.45, 7) is 3.66. The number of benzene rings is 1. The number of nitrogens with two attached hydrogens (primary N) is 1. The van der Waals surface area contributed by atoms with Gasteiger partial charge in [-0.15, -0.1) is 0 Å². The second-order valence-corrected chi connectivity index (χ2v) is 5.62. The number of nitrogens with zero attached hydrogens (tertiary/aromatic N) is 2. The molecule has 0 saturated heterocycles. The van der Waals surface area contributed by atoms with Crippen molar-refractivity contribution in [2.75, 3.05) is 5.73 Å². The monoisotopic (exact) mass is 317 g/mol. The number of nitrogens with one attached hydrogen (secondary N) is 1. The fourth-order valence-corrected chi connectivity index (χ4v) is 3.00. The maximum Gasteiger partial charge on any atom is 0.289 e. The van der Waals surface area contributed by atoms with Crippen LogP contribution in [-0.4, -0.2) is 0 Å². The third kappa shape index (κ3) is 2.24. The first-order valence-electron chi connectivity index (χ1n) is 7.32. The van der Waals surface area contributed by atoms with Gasteiger partial charge in [-0.2, -0.15) is 10.5 Å². The van der Waals surface area contributed by atoms with E-state index in [2.05, 4.69) is 17.1 Å². The summed E-state index contributed by atoms with van der Waals surface area (Å²) in [4.78, 5) is 2.98. The number of H-pyrrole nitrogens is 1. The molecule has 4 nitrogen and oxygen atoms in total. The molecule has 1 aromatic heterocycles. The lowest BCUT2D eigenvalue weighted by molar-refractivity contribution is -0.364. The van der Waals surface area contributed by atoms with E-state index < -0.39 is 0 Å². The zero-order valence-electron chi connectivity index (χ0n) is 13.2. The van der Waals surface area contributed by atoms with E-state index in [1.807, 2.05) is 19.9 Å². The molecule has 3 N–H and O–H groups in total. The maximum atomic E-state index is 13.1. The number of pyridine rings is 1. The van der Waals surface area contributed by atoms with E-state index in [0.717, 1.165) is 27.8 Å². The molecule has 0 aliphatic heterocycles. The first-order valence-corrected chi connectivity index (χ1v) is 7.32. The third-order valence-electron chi connectivity index (χ3n) is 4.23. The number of anilines is 1. The number of aromatic amines is 1. The molecule has 116 valence electrons. The first-order chi connectivity index (χ1) is 11.5. The van der Waals surface area contributed by atoms with E-state index in [1.165, 1.54) is 12.1 Å². The van der Waals surface area contributed by atoms with Gasteiger partial charge in [-0.3, -0.25) is 5.73 Å². The first kappa shape index (κ1) is 15.5. The molecule has 24 heavy (non-hydrogen) atoms. The van der Waals surface area contributed by atoms with Crippen molar-refractivity contribution in [2.45, 2.75) is 13.8 Å². The van der Waals surface area contributed by atoms with E-state index in [0.29, 0.717) is 16.8 Å². The van der Waals surface area contributed by atoms with Crippen LogP contribution in [0.3, 0.4) is 0 Å². The largest absolute Gasteiger partial charge is 0.289 e. The van der Waals surface area contributed by atoms with Gasteiger partial charge in [0.05, 0.1) is 0 Å². The molecule has 1 heterocycles. The van der Waals surface area contributed by atoms with E-state index in [-0.39, 0.29) is 11.6 Å². The zero-order chi connectivity index (χ0) is 17.4. The van der Waals surface area contributed by atoms with Crippen LogP contribution < -0.4 is 10.7 Å². The van der Waals surface area contributed by atoms with Gasteiger partial charge in [0.25, 0.3) is 5.82 Å². The molecule has 3 rings (SSSR count). The van der Waals surface area contributed by atoms with Crippen LogP contribution in [0.1, 0.15) is 34.9 Å². The average Bonchev–Trinajstić information content (AvgIpc) is 2.81. The van der Waals surface area contributed by atoms with E-state index in [4.69, 9.17) is 5.73 Å². The van der Waals surface area contributed by atoms with Gasteiger partial charge in [0.15, 0.2) is 5.69 Å². The van der Waals surface area contributed by atoms with Crippen molar-refractivity contribution >= 4 is 23.0 Å². The highest BCUT2D eigenvalue weighted by atomic mass is 19.1. The van der Waals surface area contributed by atoms with E-state index in [9.17, 15) is 14.9 Å². The van der Waals surface area contributed by atoms with E-state index in [1.54, 1.807) is 12.1 Å². The quantitative estimate of drug-likeness (QED) is 0.875. The summed E-state index contributed by atoms with van der Waals surface area (Å²) in [6.07, 6.45) is 1.89. The molecule has 0 atom stereocenters. The summed E-state index contributed by atoms with van der Waals surface area (Å²) in [5.74, 6) is -0.0599. The highest BCUT2D eigenvalue weighted by Gasteiger charge is 2.32. The van der Waals surface area contributed by atoms with Gasteiger partial charge in [-0.25, -0.2) is 9.37 Å². The molecular weight excluding hydrogens is 303 g/mol. The fraction of sp³-hybridized carbons (Fsp3) is 0.105. The van der Waals surface area contributed by atoms with Crippen molar-refractivity contribution < 1.29 is 9.37 Å². The molecular formula is C19H14FN4+. The fourth-order valence-electron chi connectivity index (χ4n) is 3.00. The van der Waals surface area contributed by atoms with Crippen molar-refractivity contribution in [3.05, 3.63) is 63.6 Å². The van der Waals surface area contributed by atoms with Gasteiger partial charge in [-0.05, 0) is 54.3 Å². The molecule has 0 amide bonds. The Morgan fingerprint density at radius 2 is 1.79 bits per heavy atom. The normalized spacial score (nSPS) is 14.5. The Hall–Kier alpha value is -3.44. The van der Waals surface area contributed by atoms with Crippen LogP contribution in [0.25, 0.3) is 17.2 Å². The smallest absolute Gasteiger partial charge is 0.286 e. The van der Waals surface area contributed by atoms with Gasteiger partial charge in [0, 0.05) is 5.56 Å². The van der Waals surface area contributed by atoms with Crippen molar-refractivity contribution in [1.29, 1.82) is 10.5 Å². The molecule has 0 spiro atoms. The van der Waals surface area contributed by atoms with Crippen LogP contribution in [0, 0.1) is 35.4 Å². The highest BCUT2D eigenvalue weighted by molar-refractivity contribution is 6.07. The lowest BCUT2D eigenvalue weighted by Gasteiger charge is -2.08. The number of nitriles is 2. The Kier molecular flexibility index (Phi) is 3.63. The number of nitrogen functional groups attached to an aromatic ring is 1. The molecule has 1 aliphatic carbocycles. The van der Waals surface area contributed by atoms with Gasteiger partial charge in [0.2, 0.25) is 0 Å². The minimum atomic E-state index is -0.307. The van der Waals surface area contributed by atoms with Crippen LogP contribution in [-0.2, 0) is 0 Å². The second-order valence-electron chi connectivity index (χ2n) is 5.62. The Morgan fingerprint density at radius 3 is 2.38 bits per heavy atom. The van der Waals surface area contributed by atoms with Gasteiger partial charge >= 0.3 is 0 Å². The minimum absolute atomic E-state index is 0.248. The SMILES string of the molecule is CC1=C(C#N)c2[nH+]c(N)c(C#N)c(C)c2/C1=C/c1ccc(F)cc1. The molecule has 0 bridgehead atoms. The van der Waals surface area contributed by atoms with Crippen LogP contribution in [0.5, 0.6) is 0 Å². The predicted octanol–water partition coefficient (Wildman–Crippen LogP) is 3.25. The molecule has 0 radical (unpaired) electrons. The maximum absolute atomic E-state index is 13.1. The molecule has 1 aromatic carbocycles. The van der Waals surface area contributed by atoms with Gasteiger partial charge in [-0.1, -0.05) is 12.1 Å². The summed E-state index contributed by atoms with van der Waals surface area (Å²) in [6, 6.07) is 10.4. The Bertz CT molecular complexity index is 1000. The Labute approximate surface area is 139 Å². The predicted molar refractivity (Wildman–Crippen MR) is 89.3 cm³/mol. The molecule has 0 fully saturated rings. The van der Waals surface area contributed by atoms with Crippen molar-refractivity contribution in [3.8, 4) is 12.1 Å². The van der Waals surface area contributed by atoms with Crippen LogP contribution in [0.4, 0.5) is 10.2 Å². The number of allylic oxidation sites excluding steroid dienone is 3. The summed E-state index contributed by atoms with van der Waals surface area (Å²) in [5, 5.41) is 18.8. The number of fused-ring (bicyclic) bond motifs is 1. The van der Waals surface area contributed by atoms with Crippen molar-refractivity contribution in [1.82, 2.24) is 0 Å². The number of hydrogen-bond acceptors (Lipinski definition) is 3. The minimum Gasteiger partial charge on any atom is -0.286 e. The molecule has 2 aromatic rings. The Balaban J connectivity index is 2.31. The topological polar surface area (TPSA) is 87.7 Å². The van der Waals surface area contributed by atoms with E-state index >= 15 is 0 Å². The Morgan fingerprint density at radius 1 is 1.12 bits per heavy atom. The average molecular weight is 317 g/mol. The summed E-state index contributed by atoms with van der Waals surface area (Å²) >= 11 is 0. The second kappa shape index (κ2) is 5.64. The summed E-state index contributed by atoms with van der Waals surface area (Å²) in [7, 11) is 0. The molecule has 0 unspecified atom stereocenters. The number of aromatic nitrogens is 1. The van der Waals surface area contributed by atoms with Gasteiger partial charge < -0.3 is 0 Å². The van der Waals surface area contributed by atoms with Gasteiger partial charge in [0.1, 0.15) is 29.1 Å². The van der Waals surface area contributed by atoms with Crippen LogP contribution in [0.2, 0.25) is 0 Å². The highest BCUT2D eigenvalue weighted by Crippen LogP contribution is 2.42.